The van der Waals surface area contributed by atoms with Gasteiger partial charge in [-0.05, 0) is 44.9 Å². The second kappa shape index (κ2) is 4.57. The molecule has 0 saturated heterocycles. The van der Waals surface area contributed by atoms with Crippen LogP contribution in [0.5, 0.6) is 0 Å². The molecule has 3 nitrogen and oxygen atoms in total. The van der Waals surface area contributed by atoms with E-state index in [0.29, 0.717) is 0 Å². The fraction of sp³-hybridized carbons (Fsp3) is 0.571. The maximum Gasteiger partial charge on any atom is 0.161 e. The predicted octanol–water partition coefficient (Wildman–Crippen LogP) is 2.07. The molecule has 1 aromatic rings. The lowest BCUT2D eigenvalue weighted by molar-refractivity contribution is -0.125. The molecule has 2 rings (SSSR count). The molecule has 0 radical (unpaired) electrons. The summed E-state index contributed by atoms with van der Waals surface area (Å²) in [4.78, 5) is 16.9. The number of fused-ring (bicyclic) bond motifs is 1. The number of carbonyl (C=O) groups is 1. The molecule has 1 atom stereocenters. The molecule has 92 valence electrons. The van der Waals surface area contributed by atoms with E-state index in [4.69, 9.17) is 0 Å². The van der Waals surface area contributed by atoms with Crippen LogP contribution in [0.1, 0.15) is 44.4 Å². The van der Waals surface area contributed by atoms with Crippen LogP contribution in [-0.2, 0) is 11.2 Å². The van der Waals surface area contributed by atoms with Crippen molar-refractivity contribution in [3.8, 4) is 0 Å². The van der Waals surface area contributed by atoms with E-state index in [9.17, 15) is 4.79 Å². The SMILES string of the molecule is CCNC(C)(C)C(=O)C1CCc2cccnc21. The standard InChI is InChI=1S/C14H20N2O/c1-4-16-14(2,3)13(17)11-8-7-10-6-5-9-15-12(10)11/h5-6,9,11,16H,4,7-8H2,1-3H3. The molecule has 1 aliphatic carbocycles. The molecule has 1 aliphatic rings. The minimum absolute atomic E-state index is 0.0275. The summed E-state index contributed by atoms with van der Waals surface area (Å²) >= 11 is 0. The highest BCUT2D eigenvalue weighted by Gasteiger charge is 2.37. The molecule has 1 heterocycles. The third-order valence-corrected chi connectivity index (χ3v) is 3.51. The number of hydrogen-bond acceptors (Lipinski definition) is 3. The number of ketones is 1. The van der Waals surface area contributed by atoms with E-state index in [-0.39, 0.29) is 11.7 Å². The average Bonchev–Trinajstić information content (AvgIpc) is 2.71. The number of aromatic nitrogens is 1. The van der Waals surface area contributed by atoms with Gasteiger partial charge in [0.2, 0.25) is 0 Å². The Bertz CT molecular complexity index is 426. The largest absolute Gasteiger partial charge is 0.306 e. The maximum atomic E-state index is 12.5. The number of Topliss-reactive ketones (excluding diaryl/α,β-unsaturated/α-hetero) is 1. The highest BCUT2D eigenvalue weighted by Crippen LogP contribution is 2.34. The maximum absolute atomic E-state index is 12.5. The molecule has 0 saturated carbocycles. The molecule has 1 unspecified atom stereocenters. The zero-order valence-electron chi connectivity index (χ0n) is 10.8. The molecule has 3 heteroatoms. The molecule has 0 fully saturated rings. The van der Waals surface area contributed by atoms with Crippen molar-refractivity contribution < 1.29 is 4.79 Å². The Balaban J connectivity index is 2.23. The normalized spacial score (nSPS) is 19.1. The van der Waals surface area contributed by atoms with E-state index in [1.165, 1.54) is 5.56 Å². The van der Waals surface area contributed by atoms with Gasteiger partial charge in [-0.15, -0.1) is 0 Å². The van der Waals surface area contributed by atoms with Gasteiger partial charge in [0.15, 0.2) is 5.78 Å². The van der Waals surface area contributed by atoms with Crippen LogP contribution in [0.4, 0.5) is 0 Å². The lowest BCUT2D eigenvalue weighted by atomic mass is 9.87. The van der Waals surface area contributed by atoms with Gasteiger partial charge in [-0.2, -0.15) is 0 Å². The minimum Gasteiger partial charge on any atom is -0.306 e. The molecule has 0 spiro atoms. The first-order chi connectivity index (χ1) is 8.06. The van der Waals surface area contributed by atoms with Gasteiger partial charge in [-0.25, -0.2) is 0 Å². The topological polar surface area (TPSA) is 42.0 Å². The summed E-state index contributed by atoms with van der Waals surface area (Å²) in [7, 11) is 0. The van der Waals surface area contributed by atoms with Gasteiger partial charge >= 0.3 is 0 Å². The number of carbonyl (C=O) groups excluding carboxylic acids is 1. The van der Waals surface area contributed by atoms with Gasteiger partial charge in [0.1, 0.15) is 0 Å². The number of hydrogen-bond donors (Lipinski definition) is 1. The summed E-state index contributed by atoms with van der Waals surface area (Å²) in [5.41, 5.74) is 1.76. The van der Waals surface area contributed by atoms with Gasteiger partial charge in [-0.3, -0.25) is 9.78 Å². The lowest BCUT2D eigenvalue weighted by Gasteiger charge is -2.27. The lowest BCUT2D eigenvalue weighted by Crippen LogP contribution is -2.48. The monoisotopic (exact) mass is 232 g/mol. The summed E-state index contributed by atoms with van der Waals surface area (Å²) in [6.45, 7) is 6.75. The summed E-state index contributed by atoms with van der Waals surface area (Å²) in [5, 5.41) is 3.25. The molecular formula is C14H20N2O. The number of likely N-dealkylation sites (N-methyl/N-ethyl adjacent to an activating group) is 1. The van der Waals surface area contributed by atoms with Crippen LogP contribution in [0.15, 0.2) is 18.3 Å². The number of rotatable bonds is 4. The van der Waals surface area contributed by atoms with E-state index < -0.39 is 5.54 Å². The predicted molar refractivity (Wildman–Crippen MR) is 68.1 cm³/mol. The summed E-state index contributed by atoms with van der Waals surface area (Å²) in [5.74, 6) is 0.233. The van der Waals surface area contributed by atoms with Gasteiger partial charge in [0.05, 0.1) is 17.2 Å². The van der Waals surface area contributed by atoms with Crippen LogP contribution in [0, 0.1) is 0 Å². The van der Waals surface area contributed by atoms with Crippen LogP contribution < -0.4 is 5.32 Å². The van der Waals surface area contributed by atoms with E-state index in [1.54, 1.807) is 6.20 Å². The molecule has 0 aromatic carbocycles. The number of nitrogens with zero attached hydrogens (tertiary/aromatic N) is 1. The second-order valence-corrected chi connectivity index (χ2v) is 5.16. The Morgan fingerprint density at radius 2 is 2.35 bits per heavy atom. The Morgan fingerprint density at radius 1 is 1.59 bits per heavy atom. The molecule has 1 aromatic heterocycles. The fourth-order valence-electron chi connectivity index (χ4n) is 2.63. The second-order valence-electron chi connectivity index (χ2n) is 5.16. The number of aryl methyl sites for hydroxylation is 1. The van der Waals surface area contributed by atoms with Crippen LogP contribution in [-0.4, -0.2) is 22.9 Å². The van der Waals surface area contributed by atoms with Crippen LogP contribution >= 0.6 is 0 Å². The van der Waals surface area contributed by atoms with Crippen molar-refractivity contribution in [1.82, 2.24) is 10.3 Å². The third kappa shape index (κ3) is 2.25. The number of pyridine rings is 1. The molecule has 1 N–H and O–H groups in total. The first-order valence-corrected chi connectivity index (χ1v) is 6.29. The average molecular weight is 232 g/mol. The zero-order valence-corrected chi connectivity index (χ0v) is 10.8. The van der Waals surface area contributed by atoms with Crippen molar-refractivity contribution in [3.63, 3.8) is 0 Å². The quantitative estimate of drug-likeness (QED) is 0.864. The Hall–Kier alpha value is -1.22. The summed E-state index contributed by atoms with van der Waals surface area (Å²) < 4.78 is 0. The third-order valence-electron chi connectivity index (χ3n) is 3.51. The first-order valence-electron chi connectivity index (χ1n) is 6.29. The molecule has 0 amide bonds. The Labute approximate surface area is 103 Å². The van der Waals surface area contributed by atoms with E-state index in [0.717, 1.165) is 25.1 Å². The van der Waals surface area contributed by atoms with Crippen molar-refractivity contribution in [2.45, 2.75) is 45.1 Å². The van der Waals surface area contributed by atoms with Crippen molar-refractivity contribution in [2.75, 3.05) is 6.54 Å². The zero-order chi connectivity index (χ0) is 12.5. The number of nitrogens with one attached hydrogen (secondary N) is 1. The molecule has 17 heavy (non-hydrogen) atoms. The van der Waals surface area contributed by atoms with Crippen LogP contribution in [0.25, 0.3) is 0 Å². The molecular weight excluding hydrogens is 212 g/mol. The molecule has 0 aliphatic heterocycles. The minimum atomic E-state index is -0.460. The first kappa shape index (κ1) is 12.2. The summed E-state index contributed by atoms with van der Waals surface area (Å²) in [6, 6.07) is 4.02. The fourth-order valence-corrected chi connectivity index (χ4v) is 2.63. The summed E-state index contributed by atoms with van der Waals surface area (Å²) in [6.07, 6.45) is 3.66. The van der Waals surface area contributed by atoms with Gasteiger partial charge < -0.3 is 5.32 Å². The smallest absolute Gasteiger partial charge is 0.161 e. The van der Waals surface area contributed by atoms with Crippen LogP contribution in [0.2, 0.25) is 0 Å². The van der Waals surface area contributed by atoms with Crippen molar-refractivity contribution >= 4 is 5.78 Å². The highest BCUT2D eigenvalue weighted by molar-refractivity contribution is 5.94. The van der Waals surface area contributed by atoms with E-state index in [2.05, 4.69) is 16.4 Å². The van der Waals surface area contributed by atoms with Crippen molar-refractivity contribution in [2.24, 2.45) is 0 Å². The van der Waals surface area contributed by atoms with E-state index in [1.807, 2.05) is 26.8 Å². The molecule has 0 bridgehead atoms. The van der Waals surface area contributed by atoms with Crippen molar-refractivity contribution in [3.05, 3.63) is 29.6 Å². The highest BCUT2D eigenvalue weighted by atomic mass is 16.1. The van der Waals surface area contributed by atoms with E-state index >= 15 is 0 Å². The van der Waals surface area contributed by atoms with Crippen molar-refractivity contribution in [1.29, 1.82) is 0 Å². The Morgan fingerprint density at radius 3 is 3.06 bits per heavy atom. The van der Waals surface area contributed by atoms with Gasteiger partial charge in [-0.1, -0.05) is 13.0 Å². The van der Waals surface area contributed by atoms with Crippen LogP contribution in [0.3, 0.4) is 0 Å². The Kier molecular flexibility index (Phi) is 3.29. The van der Waals surface area contributed by atoms with Gasteiger partial charge in [0, 0.05) is 6.20 Å². The van der Waals surface area contributed by atoms with Gasteiger partial charge in [0.25, 0.3) is 0 Å².